The minimum absolute atomic E-state index is 0.102. The number of primary amides is 1. The van der Waals surface area contributed by atoms with Crippen LogP contribution in [-0.4, -0.2) is 24.5 Å². The number of carbonyl (C=O) groups excluding carboxylic acids is 2. The molecule has 1 rings (SSSR count). The standard InChI is InChI=1S/C11H16N4O2/c1-7(6-12)14-10(16)8-3-2-4-9(5-8)15-11(13)17/h2-5,7H,6,12H2,1H3,(H,14,16)(H3,13,15,17)/t7-/m0/s1. The zero-order valence-corrected chi connectivity index (χ0v) is 9.57. The number of anilines is 1. The van der Waals surface area contributed by atoms with Gasteiger partial charge in [-0.1, -0.05) is 6.07 Å². The van der Waals surface area contributed by atoms with Crippen LogP contribution >= 0.6 is 0 Å². The van der Waals surface area contributed by atoms with Crippen molar-refractivity contribution in [2.24, 2.45) is 11.5 Å². The number of hydrogen-bond acceptors (Lipinski definition) is 3. The molecule has 0 fully saturated rings. The molecule has 6 nitrogen and oxygen atoms in total. The third-order valence-corrected chi connectivity index (χ3v) is 2.12. The Kier molecular flexibility index (Phi) is 4.47. The average molecular weight is 236 g/mol. The summed E-state index contributed by atoms with van der Waals surface area (Å²) in [6.07, 6.45) is 0. The Morgan fingerprint density at radius 2 is 2.12 bits per heavy atom. The minimum atomic E-state index is -0.669. The van der Waals surface area contributed by atoms with Gasteiger partial charge in [0.25, 0.3) is 5.91 Å². The molecule has 0 aliphatic heterocycles. The first-order valence-corrected chi connectivity index (χ1v) is 5.20. The van der Waals surface area contributed by atoms with Crippen LogP contribution in [0.5, 0.6) is 0 Å². The van der Waals surface area contributed by atoms with Crippen LogP contribution in [0.2, 0.25) is 0 Å². The molecule has 3 amide bonds. The molecule has 92 valence electrons. The third kappa shape index (κ3) is 4.12. The summed E-state index contributed by atoms with van der Waals surface area (Å²) >= 11 is 0. The Morgan fingerprint density at radius 1 is 1.41 bits per heavy atom. The average Bonchev–Trinajstić information content (AvgIpc) is 2.28. The minimum Gasteiger partial charge on any atom is -0.351 e. The second-order valence-electron chi connectivity index (χ2n) is 3.68. The van der Waals surface area contributed by atoms with Crippen LogP contribution in [0.15, 0.2) is 24.3 Å². The van der Waals surface area contributed by atoms with E-state index >= 15 is 0 Å². The van der Waals surface area contributed by atoms with Gasteiger partial charge in [0.15, 0.2) is 0 Å². The number of nitrogens with two attached hydrogens (primary N) is 2. The van der Waals surface area contributed by atoms with Crippen LogP contribution in [0.1, 0.15) is 17.3 Å². The van der Waals surface area contributed by atoms with E-state index in [-0.39, 0.29) is 11.9 Å². The van der Waals surface area contributed by atoms with Gasteiger partial charge in [0, 0.05) is 23.8 Å². The van der Waals surface area contributed by atoms with Gasteiger partial charge in [-0.15, -0.1) is 0 Å². The molecule has 0 saturated heterocycles. The van der Waals surface area contributed by atoms with Crippen molar-refractivity contribution >= 4 is 17.6 Å². The van der Waals surface area contributed by atoms with E-state index in [1.807, 2.05) is 6.92 Å². The van der Waals surface area contributed by atoms with Crippen LogP contribution in [-0.2, 0) is 0 Å². The highest BCUT2D eigenvalue weighted by Crippen LogP contribution is 2.10. The highest BCUT2D eigenvalue weighted by molar-refractivity contribution is 5.96. The van der Waals surface area contributed by atoms with Gasteiger partial charge in [-0.2, -0.15) is 0 Å². The molecule has 1 aromatic carbocycles. The summed E-state index contributed by atoms with van der Waals surface area (Å²) < 4.78 is 0. The Balaban J connectivity index is 2.77. The fourth-order valence-electron chi connectivity index (χ4n) is 1.25. The number of amides is 3. The predicted octanol–water partition coefficient (Wildman–Crippen LogP) is 0.254. The molecule has 0 aromatic heterocycles. The SMILES string of the molecule is C[C@@H](CN)NC(=O)c1cccc(NC(N)=O)c1. The van der Waals surface area contributed by atoms with E-state index in [0.29, 0.717) is 17.8 Å². The lowest BCUT2D eigenvalue weighted by Gasteiger charge is -2.11. The predicted molar refractivity (Wildman–Crippen MR) is 65.6 cm³/mol. The third-order valence-electron chi connectivity index (χ3n) is 2.12. The van der Waals surface area contributed by atoms with E-state index < -0.39 is 6.03 Å². The number of nitrogens with one attached hydrogen (secondary N) is 2. The van der Waals surface area contributed by atoms with Crippen molar-refractivity contribution in [3.05, 3.63) is 29.8 Å². The summed E-state index contributed by atoms with van der Waals surface area (Å²) in [6, 6.07) is 5.73. The molecule has 0 unspecified atom stereocenters. The molecule has 6 N–H and O–H groups in total. The molecule has 0 aliphatic rings. The van der Waals surface area contributed by atoms with E-state index in [1.54, 1.807) is 24.3 Å². The molecule has 17 heavy (non-hydrogen) atoms. The topological polar surface area (TPSA) is 110 Å². The summed E-state index contributed by atoms with van der Waals surface area (Å²) in [5.74, 6) is -0.240. The zero-order valence-electron chi connectivity index (χ0n) is 9.57. The second-order valence-corrected chi connectivity index (χ2v) is 3.68. The molecule has 0 aliphatic carbocycles. The van der Waals surface area contributed by atoms with Gasteiger partial charge in [0.2, 0.25) is 0 Å². The van der Waals surface area contributed by atoms with Gasteiger partial charge < -0.3 is 22.1 Å². The van der Waals surface area contributed by atoms with E-state index in [1.165, 1.54) is 0 Å². The fraction of sp³-hybridized carbons (Fsp3) is 0.273. The number of rotatable bonds is 4. The van der Waals surface area contributed by atoms with Crippen molar-refractivity contribution in [2.75, 3.05) is 11.9 Å². The summed E-state index contributed by atoms with van der Waals surface area (Å²) in [5, 5.41) is 5.12. The summed E-state index contributed by atoms with van der Waals surface area (Å²) in [7, 11) is 0. The number of benzene rings is 1. The van der Waals surface area contributed by atoms with Crippen molar-refractivity contribution in [2.45, 2.75) is 13.0 Å². The van der Waals surface area contributed by atoms with Crippen molar-refractivity contribution in [3.63, 3.8) is 0 Å². The Labute approximate surface area is 99.4 Å². The highest BCUT2D eigenvalue weighted by atomic mass is 16.2. The molecular formula is C11H16N4O2. The van der Waals surface area contributed by atoms with E-state index in [2.05, 4.69) is 10.6 Å². The lowest BCUT2D eigenvalue weighted by Crippen LogP contribution is -2.37. The normalized spacial score (nSPS) is 11.6. The maximum Gasteiger partial charge on any atom is 0.316 e. The van der Waals surface area contributed by atoms with Crippen molar-refractivity contribution in [1.82, 2.24) is 5.32 Å². The summed E-state index contributed by atoms with van der Waals surface area (Å²) in [4.78, 5) is 22.4. The molecule has 0 bridgehead atoms. The van der Waals surface area contributed by atoms with Gasteiger partial charge in [-0.3, -0.25) is 4.79 Å². The van der Waals surface area contributed by atoms with Crippen LogP contribution in [0, 0.1) is 0 Å². The van der Waals surface area contributed by atoms with Crippen LogP contribution in [0.25, 0.3) is 0 Å². The van der Waals surface area contributed by atoms with Gasteiger partial charge in [-0.25, -0.2) is 4.79 Å². The summed E-state index contributed by atoms with van der Waals surface area (Å²) in [5.41, 5.74) is 11.3. The van der Waals surface area contributed by atoms with Gasteiger partial charge in [0.1, 0.15) is 0 Å². The van der Waals surface area contributed by atoms with Crippen molar-refractivity contribution in [3.8, 4) is 0 Å². The molecule has 6 heteroatoms. The molecule has 1 atom stereocenters. The van der Waals surface area contributed by atoms with Gasteiger partial charge in [0.05, 0.1) is 0 Å². The number of hydrogen-bond donors (Lipinski definition) is 4. The van der Waals surface area contributed by atoms with Gasteiger partial charge >= 0.3 is 6.03 Å². The van der Waals surface area contributed by atoms with Crippen LogP contribution < -0.4 is 22.1 Å². The fourth-order valence-corrected chi connectivity index (χ4v) is 1.25. The highest BCUT2D eigenvalue weighted by Gasteiger charge is 2.09. The smallest absolute Gasteiger partial charge is 0.316 e. The first-order valence-electron chi connectivity index (χ1n) is 5.20. The van der Waals surface area contributed by atoms with Gasteiger partial charge in [-0.05, 0) is 25.1 Å². The molecule has 0 spiro atoms. The quantitative estimate of drug-likeness (QED) is 0.601. The van der Waals surface area contributed by atoms with Crippen LogP contribution in [0.4, 0.5) is 10.5 Å². The molecule has 0 saturated carbocycles. The summed E-state index contributed by atoms with van der Waals surface area (Å²) in [6.45, 7) is 2.17. The maximum atomic E-state index is 11.7. The first kappa shape index (κ1) is 13.0. The van der Waals surface area contributed by atoms with E-state index in [0.717, 1.165) is 0 Å². The van der Waals surface area contributed by atoms with E-state index in [9.17, 15) is 9.59 Å². The second kappa shape index (κ2) is 5.86. The maximum absolute atomic E-state index is 11.7. The lowest BCUT2D eigenvalue weighted by molar-refractivity contribution is 0.0941. The molecular weight excluding hydrogens is 220 g/mol. The number of carbonyl (C=O) groups is 2. The van der Waals surface area contributed by atoms with E-state index in [4.69, 9.17) is 11.5 Å². The Morgan fingerprint density at radius 3 is 2.71 bits per heavy atom. The van der Waals surface area contributed by atoms with Crippen molar-refractivity contribution in [1.29, 1.82) is 0 Å². The van der Waals surface area contributed by atoms with Crippen LogP contribution in [0.3, 0.4) is 0 Å². The monoisotopic (exact) mass is 236 g/mol. The number of urea groups is 1. The largest absolute Gasteiger partial charge is 0.351 e. The zero-order chi connectivity index (χ0) is 12.8. The molecule has 0 heterocycles. The first-order chi connectivity index (χ1) is 8.02. The Bertz CT molecular complexity index is 420. The Hall–Kier alpha value is -2.08. The lowest BCUT2D eigenvalue weighted by atomic mass is 10.1. The molecule has 1 aromatic rings. The van der Waals surface area contributed by atoms with Crippen molar-refractivity contribution < 1.29 is 9.59 Å². The molecule has 0 radical (unpaired) electrons.